The highest BCUT2D eigenvalue weighted by molar-refractivity contribution is 5.80. The molecule has 0 aliphatic heterocycles. The quantitative estimate of drug-likeness (QED) is 0.481. The van der Waals surface area contributed by atoms with Crippen LogP contribution in [-0.2, 0) is 24.4 Å². The molecule has 0 heterocycles. The number of phenols is 1. The lowest BCUT2D eigenvalue weighted by atomic mass is 10.0. The van der Waals surface area contributed by atoms with E-state index in [0.717, 1.165) is 28.2 Å². The van der Waals surface area contributed by atoms with Gasteiger partial charge >= 0.3 is 0 Å². The summed E-state index contributed by atoms with van der Waals surface area (Å²) in [6, 6.07) is 21.7. The van der Waals surface area contributed by atoms with Crippen LogP contribution >= 0.6 is 0 Å². The van der Waals surface area contributed by atoms with Gasteiger partial charge in [0, 0.05) is 6.54 Å². The van der Waals surface area contributed by atoms with Crippen LogP contribution in [0.15, 0.2) is 72.8 Å². The van der Waals surface area contributed by atoms with Crippen molar-refractivity contribution in [3.63, 3.8) is 0 Å². The summed E-state index contributed by atoms with van der Waals surface area (Å²) in [7, 11) is 1.64. The molecule has 0 bridgehead atoms. The SMILES string of the molecule is COc1cccc(COc2ccc(CNC(Cc3ccc(O)cc3)C(N)=O)cc2)c1. The van der Waals surface area contributed by atoms with Crippen LogP contribution in [0.5, 0.6) is 17.2 Å². The Balaban J connectivity index is 1.52. The van der Waals surface area contributed by atoms with E-state index >= 15 is 0 Å². The van der Waals surface area contributed by atoms with E-state index in [1.807, 2.05) is 48.5 Å². The van der Waals surface area contributed by atoms with Gasteiger partial charge in [0.1, 0.15) is 23.9 Å². The van der Waals surface area contributed by atoms with Gasteiger partial charge in [0.2, 0.25) is 5.91 Å². The fourth-order valence-electron chi connectivity index (χ4n) is 3.01. The highest BCUT2D eigenvalue weighted by Gasteiger charge is 2.15. The second-order valence-electron chi connectivity index (χ2n) is 6.99. The molecule has 6 heteroatoms. The number of amides is 1. The number of carbonyl (C=O) groups excluding carboxylic acids is 1. The highest BCUT2D eigenvalue weighted by Crippen LogP contribution is 2.17. The third-order valence-corrected chi connectivity index (χ3v) is 4.74. The van der Waals surface area contributed by atoms with Gasteiger partial charge in [0.05, 0.1) is 13.2 Å². The van der Waals surface area contributed by atoms with Gasteiger partial charge in [-0.25, -0.2) is 0 Å². The number of benzene rings is 3. The number of phenolic OH excluding ortho intramolecular Hbond substituents is 1. The molecule has 0 radical (unpaired) electrons. The molecular formula is C24H26N2O4. The van der Waals surface area contributed by atoms with Gasteiger partial charge < -0.3 is 25.6 Å². The first-order valence-corrected chi connectivity index (χ1v) is 9.69. The third kappa shape index (κ3) is 6.25. The standard InChI is InChI=1S/C24H26N2O4/c1-29-22-4-2-3-19(13-22)16-30-21-11-7-18(8-12-21)15-26-23(24(25)28)14-17-5-9-20(27)10-6-17/h2-13,23,26-27H,14-16H2,1H3,(H2,25,28). The Kier molecular flexibility index (Phi) is 7.29. The van der Waals surface area contributed by atoms with Crippen molar-refractivity contribution in [3.8, 4) is 17.2 Å². The van der Waals surface area contributed by atoms with E-state index in [0.29, 0.717) is 19.6 Å². The van der Waals surface area contributed by atoms with Crippen molar-refractivity contribution >= 4 is 5.91 Å². The molecule has 0 aliphatic carbocycles. The highest BCUT2D eigenvalue weighted by atomic mass is 16.5. The third-order valence-electron chi connectivity index (χ3n) is 4.74. The van der Waals surface area contributed by atoms with Crippen LogP contribution in [-0.4, -0.2) is 24.2 Å². The fourth-order valence-corrected chi connectivity index (χ4v) is 3.01. The minimum absolute atomic E-state index is 0.191. The number of methoxy groups -OCH3 is 1. The largest absolute Gasteiger partial charge is 0.508 e. The first-order chi connectivity index (χ1) is 14.5. The maximum absolute atomic E-state index is 11.8. The molecule has 0 aliphatic rings. The first kappa shape index (κ1) is 21.2. The average molecular weight is 406 g/mol. The van der Waals surface area contributed by atoms with Crippen molar-refractivity contribution < 1.29 is 19.4 Å². The Hall–Kier alpha value is -3.51. The Bertz CT molecular complexity index is 956. The van der Waals surface area contributed by atoms with E-state index in [1.54, 1.807) is 31.4 Å². The minimum atomic E-state index is -0.501. The van der Waals surface area contributed by atoms with Gasteiger partial charge in [-0.05, 0) is 59.5 Å². The van der Waals surface area contributed by atoms with E-state index in [-0.39, 0.29) is 5.75 Å². The van der Waals surface area contributed by atoms with E-state index in [4.69, 9.17) is 15.2 Å². The van der Waals surface area contributed by atoms with Gasteiger partial charge in [0.15, 0.2) is 0 Å². The summed E-state index contributed by atoms with van der Waals surface area (Å²) in [5.74, 6) is 1.34. The van der Waals surface area contributed by atoms with E-state index < -0.39 is 11.9 Å². The predicted molar refractivity (Wildman–Crippen MR) is 115 cm³/mol. The maximum Gasteiger partial charge on any atom is 0.234 e. The van der Waals surface area contributed by atoms with Crippen molar-refractivity contribution in [1.29, 1.82) is 0 Å². The van der Waals surface area contributed by atoms with E-state index in [2.05, 4.69) is 5.32 Å². The normalized spacial score (nSPS) is 11.6. The fraction of sp³-hybridized carbons (Fsp3) is 0.208. The predicted octanol–water partition coefficient (Wildman–Crippen LogP) is 3.17. The molecule has 156 valence electrons. The molecule has 1 amide bonds. The van der Waals surface area contributed by atoms with Crippen LogP contribution in [0.3, 0.4) is 0 Å². The Morgan fingerprint density at radius 3 is 2.33 bits per heavy atom. The lowest BCUT2D eigenvalue weighted by Gasteiger charge is -2.16. The molecule has 0 aromatic heterocycles. The van der Waals surface area contributed by atoms with Crippen LogP contribution in [0, 0.1) is 0 Å². The zero-order valence-corrected chi connectivity index (χ0v) is 16.9. The van der Waals surface area contributed by atoms with Crippen LogP contribution < -0.4 is 20.5 Å². The number of primary amides is 1. The van der Waals surface area contributed by atoms with E-state index in [9.17, 15) is 9.90 Å². The van der Waals surface area contributed by atoms with Gasteiger partial charge in [-0.15, -0.1) is 0 Å². The summed E-state index contributed by atoms with van der Waals surface area (Å²) in [5, 5.41) is 12.6. The van der Waals surface area contributed by atoms with Crippen molar-refractivity contribution in [2.24, 2.45) is 5.73 Å². The molecule has 0 spiro atoms. The van der Waals surface area contributed by atoms with Crippen molar-refractivity contribution in [1.82, 2.24) is 5.32 Å². The topological polar surface area (TPSA) is 93.8 Å². The molecule has 3 aromatic carbocycles. The van der Waals surface area contributed by atoms with Gasteiger partial charge in [-0.1, -0.05) is 36.4 Å². The summed E-state index contributed by atoms with van der Waals surface area (Å²) >= 11 is 0. The molecule has 1 unspecified atom stereocenters. The summed E-state index contributed by atoms with van der Waals surface area (Å²) in [6.07, 6.45) is 0.456. The monoisotopic (exact) mass is 406 g/mol. The van der Waals surface area contributed by atoms with E-state index in [1.165, 1.54) is 0 Å². The number of ether oxygens (including phenoxy) is 2. The first-order valence-electron chi connectivity index (χ1n) is 9.69. The van der Waals surface area contributed by atoms with Gasteiger partial charge in [0.25, 0.3) is 0 Å². The molecule has 0 saturated carbocycles. The number of rotatable bonds is 10. The number of hydrogen-bond acceptors (Lipinski definition) is 5. The zero-order valence-electron chi connectivity index (χ0n) is 16.9. The molecule has 6 nitrogen and oxygen atoms in total. The van der Waals surface area contributed by atoms with Crippen LogP contribution in [0.25, 0.3) is 0 Å². The lowest BCUT2D eigenvalue weighted by Crippen LogP contribution is -2.42. The number of nitrogens with two attached hydrogens (primary N) is 1. The van der Waals surface area contributed by atoms with Crippen molar-refractivity contribution in [3.05, 3.63) is 89.5 Å². The van der Waals surface area contributed by atoms with Crippen molar-refractivity contribution in [2.45, 2.75) is 25.6 Å². The Morgan fingerprint density at radius 2 is 1.67 bits per heavy atom. The Labute approximate surface area is 176 Å². The minimum Gasteiger partial charge on any atom is -0.508 e. The number of carbonyl (C=O) groups is 1. The molecule has 3 aromatic rings. The van der Waals surface area contributed by atoms with Crippen LogP contribution in [0.4, 0.5) is 0 Å². The number of aromatic hydroxyl groups is 1. The number of nitrogens with one attached hydrogen (secondary N) is 1. The molecule has 30 heavy (non-hydrogen) atoms. The molecule has 1 atom stereocenters. The summed E-state index contributed by atoms with van der Waals surface area (Å²) in [6.45, 7) is 0.951. The second kappa shape index (κ2) is 10.3. The van der Waals surface area contributed by atoms with Crippen LogP contribution in [0.2, 0.25) is 0 Å². The Morgan fingerprint density at radius 1 is 0.967 bits per heavy atom. The van der Waals surface area contributed by atoms with Crippen LogP contribution in [0.1, 0.15) is 16.7 Å². The molecule has 0 fully saturated rings. The summed E-state index contributed by atoms with van der Waals surface area (Å²) in [4.78, 5) is 11.8. The molecular weight excluding hydrogens is 380 g/mol. The summed E-state index contributed by atoms with van der Waals surface area (Å²) in [5.41, 5.74) is 8.50. The van der Waals surface area contributed by atoms with Crippen molar-refractivity contribution in [2.75, 3.05) is 7.11 Å². The lowest BCUT2D eigenvalue weighted by molar-refractivity contribution is -0.120. The molecule has 0 saturated heterocycles. The zero-order chi connectivity index (χ0) is 21.3. The number of hydrogen-bond donors (Lipinski definition) is 3. The average Bonchev–Trinajstić information content (AvgIpc) is 2.77. The molecule has 3 rings (SSSR count). The smallest absolute Gasteiger partial charge is 0.234 e. The summed E-state index contributed by atoms with van der Waals surface area (Å²) < 4.78 is 11.1. The molecule has 4 N–H and O–H groups in total. The van der Waals surface area contributed by atoms with Gasteiger partial charge in [-0.3, -0.25) is 4.79 Å². The second-order valence-corrected chi connectivity index (χ2v) is 6.99. The maximum atomic E-state index is 11.8. The van der Waals surface area contributed by atoms with Gasteiger partial charge in [-0.2, -0.15) is 0 Å².